The molecule has 0 unspecified atom stereocenters. The fourth-order valence-electron chi connectivity index (χ4n) is 4.24. The van der Waals surface area contributed by atoms with Gasteiger partial charge in [-0.15, -0.1) is 22.7 Å². The number of fused-ring (bicyclic) bond motifs is 1. The van der Waals surface area contributed by atoms with E-state index in [1.807, 2.05) is 18.7 Å². The van der Waals surface area contributed by atoms with Crippen LogP contribution in [0.2, 0.25) is 0 Å². The van der Waals surface area contributed by atoms with Gasteiger partial charge in [-0.05, 0) is 51.0 Å². The van der Waals surface area contributed by atoms with E-state index in [2.05, 4.69) is 20.3 Å². The predicted molar refractivity (Wildman–Crippen MR) is 133 cm³/mol. The van der Waals surface area contributed by atoms with Crippen molar-refractivity contribution >= 4 is 51.1 Å². The lowest BCUT2D eigenvalue weighted by Gasteiger charge is -2.30. The van der Waals surface area contributed by atoms with Crippen LogP contribution in [0.4, 0.5) is 5.69 Å². The van der Waals surface area contributed by atoms with E-state index >= 15 is 0 Å². The van der Waals surface area contributed by atoms with Gasteiger partial charge >= 0.3 is 0 Å². The highest BCUT2D eigenvalue weighted by Gasteiger charge is 2.28. The zero-order valence-corrected chi connectivity index (χ0v) is 20.4. The molecule has 174 valence electrons. The Morgan fingerprint density at radius 3 is 2.68 bits per heavy atom. The number of nitrogens with zero attached hydrogens (tertiary/aromatic N) is 4. The second-order valence-corrected chi connectivity index (χ2v) is 10.4. The number of hydrogen-bond donors (Lipinski definition) is 2. The molecule has 0 atom stereocenters. The molecule has 2 amide bonds. The summed E-state index contributed by atoms with van der Waals surface area (Å²) in [6.45, 7) is 5.11. The molecule has 5 rings (SSSR count). The summed E-state index contributed by atoms with van der Waals surface area (Å²) >= 11 is 2.92. The Hall–Kier alpha value is -3.37. The topological polar surface area (TPSA) is 108 Å². The van der Waals surface area contributed by atoms with Crippen LogP contribution in [0.1, 0.15) is 54.6 Å². The summed E-state index contributed by atoms with van der Waals surface area (Å²) in [5.74, 6) is 0.0342. The molecule has 10 heteroatoms. The lowest BCUT2D eigenvalue weighted by atomic mass is 9.97. The van der Waals surface area contributed by atoms with Crippen LogP contribution in [0, 0.1) is 13.8 Å². The first-order valence-corrected chi connectivity index (χ1v) is 12.7. The second kappa shape index (κ2) is 9.11. The Bertz CT molecular complexity index is 1390. The van der Waals surface area contributed by atoms with Crippen LogP contribution in [0.5, 0.6) is 5.75 Å². The maximum absolute atomic E-state index is 12.9. The molecule has 0 radical (unpaired) electrons. The van der Waals surface area contributed by atoms with E-state index in [0.717, 1.165) is 33.4 Å². The summed E-state index contributed by atoms with van der Waals surface area (Å²) < 4.78 is 0. The van der Waals surface area contributed by atoms with Gasteiger partial charge in [0.05, 0.1) is 21.4 Å². The Morgan fingerprint density at radius 2 is 1.94 bits per heavy atom. The summed E-state index contributed by atoms with van der Waals surface area (Å²) in [4.78, 5) is 41.5. The van der Waals surface area contributed by atoms with Gasteiger partial charge in [0.1, 0.15) is 21.8 Å². The van der Waals surface area contributed by atoms with Crippen molar-refractivity contribution in [1.82, 2.24) is 19.9 Å². The number of phenolic OH excluding ortho intramolecular Hbond substituents is 1. The zero-order valence-electron chi connectivity index (χ0n) is 18.7. The molecule has 1 aliphatic heterocycles. The lowest BCUT2D eigenvalue weighted by molar-refractivity contribution is 0.0717. The molecule has 0 aliphatic carbocycles. The number of carbonyl (C=O) groups excluding carboxylic acids is 2. The number of aromatic hydroxyl groups is 1. The van der Waals surface area contributed by atoms with E-state index in [1.54, 1.807) is 29.8 Å². The average molecular weight is 494 g/mol. The van der Waals surface area contributed by atoms with E-state index in [9.17, 15) is 14.7 Å². The molecule has 0 saturated carbocycles. The Labute approximate surface area is 204 Å². The van der Waals surface area contributed by atoms with Crippen molar-refractivity contribution in [3.05, 3.63) is 62.1 Å². The van der Waals surface area contributed by atoms with Crippen molar-refractivity contribution in [2.24, 2.45) is 0 Å². The molecule has 3 aromatic heterocycles. The SMILES string of the molecule is Cc1nc(C)c(C(=O)N2CCC(c3nc(C(=O)Nc4ccc(O)c5ncccc45)cs3)CC2)s1. The summed E-state index contributed by atoms with van der Waals surface area (Å²) in [5, 5.41) is 17.2. The normalized spacial score (nSPS) is 14.5. The van der Waals surface area contributed by atoms with E-state index in [4.69, 9.17) is 0 Å². The summed E-state index contributed by atoms with van der Waals surface area (Å²) in [6.07, 6.45) is 3.22. The smallest absolute Gasteiger partial charge is 0.275 e. The van der Waals surface area contributed by atoms with Gasteiger partial charge in [-0.2, -0.15) is 0 Å². The minimum Gasteiger partial charge on any atom is -0.506 e. The first kappa shape index (κ1) is 22.4. The molecule has 0 bridgehead atoms. The molecule has 2 N–H and O–H groups in total. The third-order valence-electron chi connectivity index (χ3n) is 5.98. The minimum atomic E-state index is -0.304. The minimum absolute atomic E-state index is 0.0522. The number of pyridine rings is 1. The van der Waals surface area contributed by atoms with Crippen LogP contribution in [0.25, 0.3) is 10.9 Å². The Kier molecular flexibility index (Phi) is 6.01. The first-order valence-electron chi connectivity index (χ1n) is 11.0. The van der Waals surface area contributed by atoms with Crippen molar-refractivity contribution in [2.75, 3.05) is 18.4 Å². The van der Waals surface area contributed by atoms with Crippen LogP contribution in [0.15, 0.2) is 35.8 Å². The van der Waals surface area contributed by atoms with Gasteiger partial charge in [0.25, 0.3) is 11.8 Å². The summed E-state index contributed by atoms with van der Waals surface area (Å²) in [6, 6.07) is 6.73. The number of hydrogen-bond acceptors (Lipinski definition) is 8. The van der Waals surface area contributed by atoms with Gasteiger partial charge in [-0.3, -0.25) is 14.6 Å². The fourth-order valence-corrected chi connectivity index (χ4v) is 6.09. The average Bonchev–Trinajstić information content (AvgIpc) is 3.47. The molecule has 8 nitrogen and oxygen atoms in total. The fraction of sp³-hybridized carbons (Fsp3) is 0.292. The molecule has 4 aromatic rings. The molecular formula is C24H23N5O3S2. The quantitative estimate of drug-likeness (QED) is 0.398. The monoisotopic (exact) mass is 493 g/mol. The standard InChI is InChI=1S/C24H23N5O3S2/c1-13-21(34-14(2)26-13)24(32)29-10-7-15(8-11-29)23-28-18(12-33-23)22(31)27-17-5-6-19(30)20-16(17)4-3-9-25-20/h3-6,9,12,15,30H,7-8,10-11H2,1-2H3,(H,27,31). The van der Waals surface area contributed by atoms with Gasteiger partial charge in [0.2, 0.25) is 0 Å². The van der Waals surface area contributed by atoms with Gasteiger partial charge < -0.3 is 15.3 Å². The molecule has 1 fully saturated rings. The number of phenols is 1. The maximum Gasteiger partial charge on any atom is 0.275 e. The van der Waals surface area contributed by atoms with E-state index in [-0.39, 0.29) is 23.5 Å². The molecule has 34 heavy (non-hydrogen) atoms. The van der Waals surface area contributed by atoms with Crippen LogP contribution < -0.4 is 5.32 Å². The highest BCUT2D eigenvalue weighted by atomic mass is 32.1. The van der Waals surface area contributed by atoms with Crippen LogP contribution in [0.3, 0.4) is 0 Å². The molecular weight excluding hydrogens is 470 g/mol. The van der Waals surface area contributed by atoms with Crippen molar-refractivity contribution < 1.29 is 14.7 Å². The summed E-state index contributed by atoms with van der Waals surface area (Å²) in [5.41, 5.74) is 2.16. The van der Waals surface area contributed by atoms with E-state index < -0.39 is 0 Å². The number of aryl methyl sites for hydroxylation is 2. The molecule has 1 aromatic carbocycles. The van der Waals surface area contributed by atoms with Crippen LogP contribution >= 0.6 is 22.7 Å². The number of nitrogens with one attached hydrogen (secondary N) is 1. The van der Waals surface area contributed by atoms with Crippen molar-refractivity contribution in [3.8, 4) is 5.75 Å². The van der Waals surface area contributed by atoms with Crippen molar-refractivity contribution in [2.45, 2.75) is 32.6 Å². The lowest BCUT2D eigenvalue weighted by Crippen LogP contribution is -2.37. The molecule has 4 heterocycles. The Balaban J connectivity index is 1.24. The third-order valence-corrected chi connectivity index (χ3v) is 8.05. The first-order chi connectivity index (χ1) is 16.4. The van der Waals surface area contributed by atoms with Gasteiger partial charge in [-0.1, -0.05) is 0 Å². The highest BCUT2D eigenvalue weighted by molar-refractivity contribution is 7.13. The highest BCUT2D eigenvalue weighted by Crippen LogP contribution is 2.33. The van der Waals surface area contributed by atoms with E-state index in [1.165, 1.54) is 28.7 Å². The second-order valence-electron chi connectivity index (χ2n) is 8.27. The number of amides is 2. The predicted octanol–water partition coefficient (Wildman–Crippen LogP) is 4.74. The molecule has 0 spiro atoms. The third kappa shape index (κ3) is 4.26. The van der Waals surface area contributed by atoms with Crippen LogP contribution in [-0.4, -0.2) is 49.9 Å². The largest absolute Gasteiger partial charge is 0.506 e. The number of anilines is 1. The van der Waals surface area contributed by atoms with Gasteiger partial charge in [0.15, 0.2) is 0 Å². The number of thiazole rings is 2. The van der Waals surface area contributed by atoms with Crippen LogP contribution in [-0.2, 0) is 0 Å². The van der Waals surface area contributed by atoms with E-state index in [0.29, 0.717) is 35.4 Å². The Morgan fingerprint density at radius 1 is 1.15 bits per heavy atom. The number of benzene rings is 1. The number of aromatic nitrogens is 3. The molecule has 1 aliphatic rings. The maximum atomic E-state index is 12.9. The van der Waals surface area contributed by atoms with Crippen molar-refractivity contribution in [1.29, 1.82) is 0 Å². The number of carbonyl (C=O) groups is 2. The number of rotatable bonds is 4. The summed E-state index contributed by atoms with van der Waals surface area (Å²) in [7, 11) is 0. The number of likely N-dealkylation sites (tertiary alicyclic amines) is 1. The van der Waals surface area contributed by atoms with Crippen molar-refractivity contribution in [3.63, 3.8) is 0 Å². The van der Waals surface area contributed by atoms with Gasteiger partial charge in [-0.25, -0.2) is 9.97 Å². The number of piperidine rings is 1. The zero-order chi connectivity index (χ0) is 23.8. The van der Waals surface area contributed by atoms with Gasteiger partial charge in [0, 0.05) is 36.0 Å². The molecule has 1 saturated heterocycles.